The zero-order valence-electron chi connectivity index (χ0n) is 9.87. The van der Waals surface area contributed by atoms with Crippen molar-refractivity contribution in [2.75, 3.05) is 12.4 Å². The maximum Gasteiger partial charge on any atom is 0.238 e. The number of ether oxygens (including phenoxy) is 1. The zero-order chi connectivity index (χ0) is 13.1. The van der Waals surface area contributed by atoms with Gasteiger partial charge in [0.2, 0.25) is 11.8 Å². The standard InChI is InChI=1S/C12H11BrClN3O/c1-7-5-8(3-4-10(7)14)18-11-9(13)6-16-12(15-2)17-11/h3-6H,1-2H3,(H,15,16,17). The Morgan fingerprint density at radius 3 is 2.83 bits per heavy atom. The molecule has 0 aliphatic rings. The first-order chi connectivity index (χ1) is 8.60. The van der Waals surface area contributed by atoms with Gasteiger partial charge in [-0.2, -0.15) is 4.98 Å². The van der Waals surface area contributed by atoms with Crippen molar-refractivity contribution in [1.29, 1.82) is 0 Å². The smallest absolute Gasteiger partial charge is 0.238 e. The molecule has 94 valence electrons. The summed E-state index contributed by atoms with van der Waals surface area (Å²) in [6.07, 6.45) is 1.64. The summed E-state index contributed by atoms with van der Waals surface area (Å²) in [6, 6.07) is 5.44. The summed E-state index contributed by atoms with van der Waals surface area (Å²) in [5.41, 5.74) is 0.952. The predicted molar refractivity (Wildman–Crippen MR) is 75.5 cm³/mol. The van der Waals surface area contributed by atoms with Gasteiger partial charge < -0.3 is 10.1 Å². The summed E-state index contributed by atoms with van der Waals surface area (Å²) in [5, 5.41) is 3.57. The molecular formula is C12H11BrClN3O. The molecule has 1 aromatic heterocycles. The van der Waals surface area contributed by atoms with E-state index in [9.17, 15) is 0 Å². The van der Waals surface area contributed by atoms with Crippen LogP contribution >= 0.6 is 27.5 Å². The molecule has 4 nitrogen and oxygen atoms in total. The van der Waals surface area contributed by atoms with Gasteiger partial charge in [0.1, 0.15) is 5.75 Å². The fraction of sp³-hybridized carbons (Fsp3) is 0.167. The third-order valence-corrected chi connectivity index (χ3v) is 3.25. The Balaban J connectivity index is 2.30. The number of nitrogens with one attached hydrogen (secondary N) is 1. The molecule has 1 N–H and O–H groups in total. The quantitative estimate of drug-likeness (QED) is 0.924. The van der Waals surface area contributed by atoms with Gasteiger partial charge in [0.15, 0.2) is 0 Å². The molecular weight excluding hydrogens is 318 g/mol. The van der Waals surface area contributed by atoms with E-state index in [0.29, 0.717) is 27.1 Å². The maximum absolute atomic E-state index is 5.96. The van der Waals surface area contributed by atoms with E-state index in [1.54, 1.807) is 25.4 Å². The molecule has 0 saturated heterocycles. The van der Waals surface area contributed by atoms with Crippen molar-refractivity contribution in [2.24, 2.45) is 0 Å². The van der Waals surface area contributed by atoms with Crippen LogP contribution in [0.2, 0.25) is 5.02 Å². The number of halogens is 2. The van der Waals surface area contributed by atoms with Gasteiger partial charge in [0.05, 0.1) is 10.7 Å². The Hall–Kier alpha value is -1.33. The van der Waals surface area contributed by atoms with Crippen LogP contribution in [0.1, 0.15) is 5.56 Å². The van der Waals surface area contributed by atoms with Crippen LogP contribution in [0.4, 0.5) is 5.95 Å². The summed E-state index contributed by atoms with van der Waals surface area (Å²) in [6.45, 7) is 1.92. The highest BCUT2D eigenvalue weighted by Gasteiger charge is 2.07. The molecule has 6 heteroatoms. The van der Waals surface area contributed by atoms with Crippen molar-refractivity contribution in [1.82, 2.24) is 9.97 Å². The second-order valence-corrected chi connectivity index (χ2v) is 4.87. The van der Waals surface area contributed by atoms with Gasteiger partial charge >= 0.3 is 0 Å². The highest BCUT2D eigenvalue weighted by atomic mass is 79.9. The Kier molecular flexibility index (Phi) is 4.04. The second-order valence-electron chi connectivity index (χ2n) is 3.61. The van der Waals surface area contributed by atoms with Gasteiger partial charge in [-0.05, 0) is 46.6 Å². The molecule has 0 aliphatic heterocycles. The van der Waals surface area contributed by atoms with Crippen LogP contribution in [0.15, 0.2) is 28.9 Å². The second kappa shape index (κ2) is 5.54. The number of benzene rings is 1. The molecule has 2 aromatic rings. The van der Waals surface area contributed by atoms with Gasteiger partial charge in [0.25, 0.3) is 0 Å². The van der Waals surface area contributed by atoms with Crippen molar-refractivity contribution < 1.29 is 4.74 Å². The van der Waals surface area contributed by atoms with Gasteiger partial charge in [-0.15, -0.1) is 0 Å². The van der Waals surface area contributed by atoms with E-state index in [-0.39, 0.29) is 0 Å². The Bertz CT molecular complexity index is 577. The van der Waals surface area contributed by atoms with Crippen molar-refractivity contribution in [3.63, 3.8) is 0 Å². The Labute approximate surface area is 118 Å². The lowest BCUT2D eigenvalue weighted by Gasteiger charge is -2.08. The van der Waals surface area contributed by atoms with E-state index in [1.165, 1.54) is 0 Å². The average molecular weight is 329 g/mol. The van der Waals surface area contributed by atoms with Crippen molar-refractivity contribution in [3.8, 4) is 11.6 Å². The first-order valence-corrected chi connectivity index (χ1v) is 6.41. The monoisotopic (exact) mass is 327 g/mol. The van der Waals surface area contributed by atoms with E-state index in [2.05, 4.69) is 31.2 Å². The first kappa shape index (κ1) is 13.1. The lowest BCUT2D eigenvalue weighted by atomic mass is 10.2. The van der Waals surface area contributed by atoms with Crippen LogP contribution in [0.25, 0.3) is 0 Å². The third-order valence-electron chi connectivity index (χ3n) is 2.28. The number of anilines is 1. The summed E-state index contributed by atoms with van der Waals surface area (Å²) in [5.74, 6) is 1.63. The molecule has 1 heterocycles. The largest absolute Gasteiger partial charge is 0.438 e. The van der Waals surface area contributed by atoms with Gasteiger partial charge in [0, 0.05) is 12.1 Å². The molecule has 0 atom stereocenters. The van der Waals surface area contributed by atoms with Crippen LogP contribution in [0.3, 0.4) is 0 Å². The zero-order valence-corrected chi connectivity index (χ0v) is 12.2. The van der Waals surface area contributed by atoms with Crippen LogP contribution < -0.4 is 10.1 Å². The maximum atomic E-state index is 5.96. The summed E-state index contributed by atoms with van der Waals surface area (Å²) >= 11 is 9.31. The molecule has 0 amide bonds. The van der Waals surface area contributed by atoms with Gasteiger partial charge in [-0.3, -0.25) is 0 Å². The average Bonchev–Trinajstić information content (AvgIpc) is 2.36. The minimum atomic E-state index is 0.455. The minimum Gasteiger partial charge on any atom is -0.438 e. The Morgan fingerprint density at radius 1 is 1.39 bits per heavy atom. The lowest BCUT2D eigenvalue weighted by molar-refractivity contribution is 0.458. The van der Waals surface area contributed by atoms with Crippen molar-refractivity contribution in [3.05, 3.63) is 39.5 Å². The van der Waals surface area contributed by atoms with E-state index in [0.717, 1.165) is 5.56 Å². The fourth-order valence-corrected chi connectivity index (χ4v) is 1.73. The van der Waals surface area contributed by atoms with E-state index in [4.69, 9.17) is 16.3 Å². The van der Waals surface area contributed by atoms with E-state index in [1.807, 2.05) is 13.0 Å². The fourth-order valence-electron chi connectivity index (χ4n) is 1.34. The molecule has 0 saturated carbocycles. The number of hydrogen-bond acceptors (Lipinski definition) is 4. The SMILES string of the molecule is CNc1ncc(Br)c(Oc2ccc(Cl)c(C)c2)n1. The highest BCUT2D eigenvalue weighted by molar-refractivity contribution is 9.10. The van der Waals surface area contributed by atoms with E-state index >= 15 is 0 Å². The predicted octanol–water partition coefficient (Wildman–Crippen LogP) is 4.03. The highest BCUT2D eigenvalue weighted by Crippen LogP contribution is 2.29. The van der Waals surface area contributed by atoms with Crippen LogP contribution in [0.5, 0.6) is 11.6 Å². The Morgan fingerprint density at radius 2 is 2.17 bits per heavy atom. The summed E-state index contributed by atoms with van der Waals surface area (Å²) in [4.78, 5) is 8.27. The molecule has 0 fully saturated rings. The summed E-state index contributed by atoms with van der Waals surface area (Å²) in [7, 11) is 1.75. The van der Waals surface area contributed by atoms with Crippen molar-refractivity contribution >= 4 is 33.5 Å². The molecule has 18 heavy (non-hydrogen) atoms. The normalized spacial score (nSPS) is 10.2. The molecule has 0 unspecified atom stereocenters. The van der Waals surface area contributed by atoms with Gasteiger partial charge in [-0.25, -0.2) is 4.98 Å². The number of aryl methyl sites for hydroxylation is 1. The van der Waals surface area contributed by atoms with Gasteiger partial charge in [-0.1, -0.05) is 11.6 Å². The molecule has 0 bridgehead atoms. The number of nitrogens with zero attached hydrogens (tertiary/aromatic N) is 2. The van der Waals surface area contributed by atoms with Crippen LogP contribution in [-0.4, -0.2) is 17.0 Å². The molecule has 0 radical (unpaired) electrons. The topological polar surface area (TPSA) is 47.0 Å². The molecule has 1 aromatic carbocycles. The molecule has 0 aliphatic carbocycles. The number of rotatable bonds is 3. The van der Waals surface area contributed by atoms with Crippen LogP contribution in [0, 0.1) is 6.92 Å². The molecule has 0 spiro atoms. The number of hydrogen-bond donors (Lipinski definition) is 1. The molecule has 2 rings (SSSR count). The minimum absolute atomic E-state index is 0.455. The van der Waals surface area contributed by atoms with Crippen molar-refractivity contribution in [2.45, 2.75) is 6.92 Å². The van der Waals surface area contributed by atoms with Crippen LogP contribution in [-0.2, 0) is 0 Å². The van der Waals surface area contributed by atoms with E-state index < -0.39 is 0 Å². The number of aromatic nitrogens is 2. The first-order valence-electron chi connectivity index (χ1n) is 5.24. The summed E-state index contributed by atoms with van der Waals surface area (Å²) < 4.78 is 6.38. The third kappa shape index (κ3) is 2.91. The lowest BCUT2D eigenvalue weighted by Crippen LogP contribution is -1.98.